The fraction of sp³-hybridized carbons (Fsp3) is 0.236. The zero-order valence-corrected chi connectivity index (χ0v) is 42.0. The van der Waals surface area contributed by atoms with E-state index in [2.05, 4.69) is 148 Å². The van der Waals surface area contributed by atoms with Gasteiger partial charge in [-0.05, 0) is 75.8 Å². The van der Waals surface area contributed by atoms with Gasteiger partial charge in [-0.2, -0.15) is 23.3 Å². The Labute approximate surface area is 397 Å². The van der Waals surface area contributed by atoms with E-state index >= 15 is 0 Å². The van der Waals surface area contributed by atoms with Crippen LogP contribution in [0.5, 0.6) is 0 Å². The van der Waals surface area contributed by atoms with Crippen LogP contribution in [0.4, 0.5) is 0 Å². The minimum Gasteiger partial charge on any atom is -1.00 e. The van der Waals surface area contributed by atoms with Crippen molar-refractivity contribution in [2.24, 2.45) is 0 Å². The van der Waals surface area contributed by atoms with E-state index in [1.165, 1.54) is 128 Å². The quantitative estimate of drug-likeness (QED) is 0.151. The molecule has 7 aromatic carbocycles. The Kier molecular flexibility index (Phi) is 17.3. The number of aryl methyl sites for hydroxylation is 7. The Bertz CT molecular complexity index is 2390. The fourth-order valence-corrected chi connectivity index (χ4v) is 9.32. The topological polar surface area (TPSA) is 0 Å². The van der Waals surface area contributed by atoms with Crippen molar-refractivity contribution in [1.82, 2.24) is 0 Å². The molecule has 0 nitrogen and oxygen atoms in total. The van der Waals surface area contributed by atoms with Crippen LogP contribution < -0.4 is 24.8 Å². The van der Waals surface area contributed by atoms with E-state index < -0.39 is 0 Å². The summed E-state index contributed by atoms with van der Waals surface area (Å²) in [6, 6.07) is 47.0. The molecule has 0 fully saturated rings. The second kappa shape index (κ2) is 21.1. The third-order valence-corrected chi connectivity index (χ3v) is 13.0. The second-order valence-electron chi connectivity index (χ2n) is 16.9. The monoisotopic (exact) mass is 944 g/mol. The third kappa shape index (κ3) is 11.7. The molecule has 0 aromatic heterocycles. The van der Waals surface area contributed by atoms with Crippen molar-refractivity contribution in [2.45, 2.75) is 87.5 Å². The SMILES string of the molecule is CCc1cc(C(C)(C)C)c[cH-]1.Cc1cc(C)c(-c2[c-]c3c(cc2)-c2ccc(-c4c(C)cc(C)cc4C)cc2C3)c(C)c1.Clc1ccc([C](=[Zr+2])c2ccc(Cl)cc2)cc1.[Cl-].[Cl-]. The fourth-order valence-electron chi connectivity index (χ4n) is 8.24. The molecule has 0 bridgehead atoms. The van der Waals surface area contributed by atoms with Gasteiger partial charge >= 0.3 is 120 Å². The average molecular weight is 948 g/mol. The largest absolute Gasteiger partial charge is 1.00 e. The molecule has 0 heterocycles. The molecule has 7 aromatic rings. The molecule has 0 amide bonds. The van der Waals surface area contributed by atoms with Gasteiger partial charge in [0.15, 0.2) is 0 Å². The first-order valence-electron chi connectivity index (χ1n) is 20.2. The summed E-state index contributed by atoms with van der Waals surface area (Å²) in [6.07, 6.45) is 2.11. The van der Waals surface area contributed by atoms with Crippen LogP contribution >= 0.6 is 23.2 Å². The molecule has 308 valence electrons. The van der Waals surface area contributed by atoms with E-state index in [0.717, 1.165) is 22.9 Å². The summed E-state index contributed by atoms with van der Waals surface area (Å²) >= 11 is 13.1. The average Bonchev–Trinajstić information content (AvgIpc) is 3.80. The van der Waals surface area contributed by atoms with Gasteiger partial charge in [-0.1, -0.05) is 121 Å². The Balaban J connectivity index is 0.000000229. The normalized spacial score (nSPS) is 11.2. The Morgan fingerprint density at radius 1 is 0.633 bits per heavy atom. The summed E-state index contributed by atoms with van der Waals surface area (Å²) in [5.74, 6) is 0. The Morgan fingerprint density at radius 2 is 1.12 bits per heavy atom. The predicted molar refractivity (Wildman–Crippen MR) is 249 cm³/mol. The standard InChI is InChI=1S/C31H29.C13H8Cl2.C11H17.2ClH.Zr/c1-18-11-20(3)30(21(4)12-18)24-7-9-28-26(15-24)17-27-16-25(8-10-29(27)28)31-22(5)13-19(2)14-23(31)6;14-12-5-1-10(2-6-12)9-11-3-7-13(15)8-4-11;1-5-9-6-7-10(8-9)11(2,3)4;;;/h7-15H,17H2,1-6H3;1-8H;6-8H,5H2,1-4H3;2*1H;/q-1;;-1;;;+2/p-2. The first kappa shape index (κ1) is 49.2. The molecule has 0 unspecified atom stereocenters. The summed E-state index contributed by atoms with van der Waals surface area (Å²) < 4.78 is 1.31. The molecule has 0 radical (unpaired) electrons. The Morgan fingerprint density at radius 3 is 1.57 bits per heavy atom. The van der Waals surface area contributed by atoms with E-state index in [1.54, 1.807) is 0 Å². The summed E-state index contributed by atoms with van der Waals surface area (Å²) in [5.41, 5.74) is 24.3. The van der Waals surface area contributed by atoms with E-state index in [4.69, 9.17) is 23.2 Å². The molecule has 0 saturated carbocycles. The molecule has 0 aliphatic heterocycles. The van der Waals surface area contributed by atoms with Crippen LogP contribution in [-0.4, -0.2) is 3.21 Å². The van der Waals surface area contributed by atoms with Crippen LogP contribution in [0.3, 0.4) is 0 Å². The molecule has 0 saturated heterocycles. The second-order valence-corrected chi connectivity index (χ2v) is 19.0. The van der Waals surface area contributed by atoms with Gasteiger partial charge in [0, 0.05) is 0 Å². The summed E-state index contributed by atoms with van der Waals surface area (Å²) in [4.78, 5) is 0. The zero-order chi connectivity index (χ0) is 41.9. The van der Waals surface area contributed by atoms with Crippen molar-refractivity contribution in [2.75, 3.05) is 0 Å². The molecule has 0 spiro atoms. The molecule has 1 aliphatic rings. The van der Waals surface area contributed by atoms with Crippen LogP contribution in [0.25, 0.3) is 33.4 Å². The van der Waals surface area contributed by atoms with E-state index in [0.29, 0.717) is 5.41 Å². The van der Waals surface area contributed by atoms with Gasteiger partial charge in [-0.15, -0.1) is 29.3 Å². The number of benzene rings is 6. The van der Waals surface area contributed by atoms with Gasteiger partial charge in [-0.3, -0.25) is 0 Å². The first-order valence-corrected chi connectivity index (χ1v) is 22.2. The Hall–Kier alpha value is -3.42. The van der Waals surface area contributed by atoms with E-state index in [9.17, 15) is 0 Å². The number of rotatable bonds is 5. The van der Waals surface area contributed by atoms with Crippen molar-refractivity contribution in [1.29, 1.82) is 0 Å². The summed E-state index contributed by atoms with van der Waals surface area (Å²) in [7, 11) is 0. The van der Waals surface area contributed by atoms with Crippen molar-refractivity contribution >= 4 is 26.4 Å². The van der Waals surface area contributed by atoms with Gasteiger partial charge < -0.3 is 24.8 Å². The van der Waals surface area contributed by atoms with Gasteiger partial charge in [0.05, 0.1) is 0 Å². The van der Waals surface area contributed by atoms with Gasteiger partial charge in [0.1, 0.15) is 0 Å². The van der Waals surface area contributed by atoms with E-state index in [-0.39, 0.29) is 24.8 Å². The molecule has 0 atom stereocenters. The summed E-state index contributed by atoms with van der Waals surface area (Å²) in [6.45, 7) is 22.2. The van der Waals surface area contributed by atoms with Crippen LogP contribution in [0.15, 0.2) is 121 Å². The van der Waals surface area contributed by atoms with Crippen LogP contribution in [-0.2, 0) is 42.5 Å². The number of halogens is 4. The molecular weight excluding hydrogens is 894 g/mol. The molecule has 0 N–H and O–H groups in total. The van der Waals surface area contributed by atoms with Crippen LogP contribution in [0, 0.1) is 47.6 Å². The maximum absolute atomic E-state index is 5.86. The van der Waals surface area contributed by atoms with E-state index in [1.807, 2.05) is 48.5 Å². The minimum atomic E-state index is 0. The van der Waals surface area contributed by atoms with Crippen molar-refractivity contribution in [3.05, 3.63) is 204 Å². The number of hydrogen-bond acceptors (Lipinski definition) is 0. The van der Waals surface area contributed by atoms with Crippen LogP contribution in [0.2, 0.25) is 10.0 Å². The predicted octanol–water partition coefficient (Wildman–Crippen LogP) is 9.62. The molecule has 5 heteroatoms. The smallest absolute Gasteiger partial charge is 1.00 e. The first-order chi connectivity index (χ1) is 27.5. The molecular formula is C55H54Cl4Zr-2. The summed E-state index contributed by atoms with van der Waals surface area (Å²) in [5, 5.41) is 1.53. The third-order valence-electron chi connectivity index (χ3n) is 11.1. The van der Waals surface area contributed by atoms with Gasteiger partial charge in [0.2, 0.25) is 0 Å². The minimum absolute atomic E-state index is 0. The van der Waals surface area contributed by atoms with Crippen molar-refractivity contribution in [3.63, 3.8) is 0 Å². The van der Waals surface area contributed by atoms with Crippen LogP contribution in [0.1, 0.15) is 94.5 Å². The number of fused-ring (bicyclic) bond motifs is 3. The molecule has 60 heavy (non-hydrogen) atoms. The van der Waals surface area contributed by atoms with Crippen molar-refractivity contribution in [3.8, 4) is 33.4 Å². The van der Waals surface area contributed by atoms with Gasteiger partial charge in [0.25, 0.3) is 0 Å². The zero-order valence-electron chi connectivity index (χ0n) is 36.5. The number of hydrogen-bond donors (Lipinski definition) is 0. The molecule has 8 rings (SSSR count). The van der Waals surface area contributed by atoms with Crippen molar-refractivity contribution < 1.29 is 49.0 Å². The van der Waals surface area contributed by atoms with Gasteiger partial charge in [-0.25, -0.2) is 6.07 Å². The maximum Gasteiger partial charge on any atom is -1.00 e. The molecule has 1 aliphatic carbocycles. The maximum atomic E-state index is 5.86.